The Morgan fingerprint density at radius 2 is 1.72 bits per heavy atom. The summed E-state index contributed by atoms with van der Waals surface area (Å²) in [6.07, 6.45) is 2.54. The number of benzene rings is 2. The largest absolute Gasteiger partial charge is 0.441 e. The van der Waals surface area contributed by atoms with Gasteiger partial charge in [-0.1, -0.05) is 80.4 Å². The average molecular weight is 439 g/mol. The molecule has 6 heteroatoms. The van der Waals surface area contributed by atoms with Gasteiger partial charge in [-0.2, -0.15) is 0 Å². The van der Waals surface area contributed by atoms with Crippen LogP contribution in [0, 0.1) is 5.92 Å². The quantitative estimate of drug-likeness (QED) is 0.400. The van der Waals surface area contributed by atoms with Crippen molar-refractivity contribution in [3.8, 4) is 0 Å². The maximum absolute atomic E-state index is 13.5. The van der Waals surface area contributed by atoms with Crippen LogP contribution in [0.5, 0.6) is 0 Å². The predicted octanol–water partition coefficient (Wildman–Crippen LogP) is 4.88. The molecular weight excluding hydrogens is 404 g/mol. The number of rotatable bonds is 11. The fourth-order valence-corrected chi connectivity index (χ4v) is 4.03. The topological polar surface area (TPSA) is 67.9 Å². The van der Waals surface area contributed by atoms with Gasteiger partial charge in [-0.15, -0.1) is 0 Å². The molecule has 2 atom stereocenters. The van der Waals surface area contributed by atoms with Gasteiger partial charge in [-0.05, 0) is 37.8 Å². The lowest BCUT2D eigenvalue weighted by Crippen LogP contribution is -2.49. The molecule has 0 aliphatic carbocycles. The molecule has 3 rings (SSSR count). The van der Waals surface area contributed by atoms with Crippen molar-refractivity contribution in [1.29, 1.82) is 0 Å². The first-order valence-electron chi connectivity index (χ1n) is 11.4. The van der Waals surface area contributed by atoms with Crippen molar-refractivity contribution in [1.82, 2.24) is 10.4 Å². The highest BCUT2D eigenvalue weighted by atomic mass is 16.6. The van der Waals surface area contributed by atoms with Gasteiger partial charge in [0.2, 0.25) is 5.91 Å². The second kappa shape index (κ2) is 11.2. The summed E-state index contributed by atoms with van der Waals surface area (Å²) < 4.78 is 5.62. The van der Waals surface area contributed by atoms with Crippen molar-refractivity contribution in [3.05, 3.63) is 71.8 Å². The van der Waals surface area contributed by atoms with Gasteiger partial charge in [0.25, 0.3) is 0 Å². The van der Waals surface area contributed by atoms with E-state index in [0.29, 0.717) is 26.0 Å². The molecular formula is C26H34N2O4. The summed E-state index contributed by atoms with van der Waals surface area (Å²) in [5.41, 5.74) is 4.30. The fraction of sp³-hybridized carbons (Fsp3) is 0.462. The third-order valence-corrected chi connectivity index (χ3v) is 5.94. The summed E-state index contributed by atoms with van der Waals surface area (Å²) in [7, 11) is 0. The molecule has 0 radical (unpaired) electrons. The summed E-state index contributed by atoms with van der Waals surface area (Å²) in [5.74, 6) is -0.573. The standard InChI is InChI=1S/C26H34N2O4/c1-4-5-16-22(18-27-31-19-21-14-10-7-11-15-21)24(29)28-23(26(2,3)32-25(28)30)17-20-12-8-6-9-13-20/h6-15,22-23,27H,4-5,16-19H2,1-3H3. The molecule has 0 bridgehead atoms. The summed E-state index contributed by atoms with van der Waals surface area (Å²) in [6.45, 7) is 6.58. The maximum Gasteiger partial charge on any atom is 0.417 e. The first-order chi connectivity index (χ1) is 15.4. The second-order valence-corrected chi connectivity index (χ2v) is 8.85. The number of hydrogen-bond acceptors (Lipinski definition) is 5. The molecule has 6 nitrogen and oxygen atoms in total. The van der Waals surface area contributed by atoms with Gasteiger partial charge >= 0.3 is 6.09 Å². The molecule has 2 unspecified atom stereocenters. The monoisotopic (exact) mass is 438 g/mol. The van der Waals surface area contributed by atoms with Crippen molar-refractivity contribution in [2.75, 3.05) is 6.54 Å². The molecule has 32 heavy (non-hydrogen) atoms. The predicted molar refractivity (Wildman–Crippen MR) is 124 cm³/mol. The van der Waals surface area contributed by atoms with E-state index < -0.39 is 11.7 Å². The Hall–Kier alpha value is -2.70. The number of hydrogen-bond donors (Lipinski definition) is 1. The smallest absolute Gasteiger partial charge is 0.417 e. The number of ether oxygens (including phenoxy) is 1. The molecule has 1 aliphatic heterocycles. The van der Waals surface area contributed by atoms with Crippen LogP contribution in [0.25, 0.3) is 0 Å². The highest BCUT2D eigenvalue weighted by molar-refractivity contribution is 5.95. The first-order valence-corrected chi connectivity index (χ1v) is 11.4. The highest BCUT2D eigenvalue weighted by Crippen LogP contribution is 2.33. The third-order valence-electron chi connectivity index (χ3n) is 5.94. The number of carbonyl (C=O) groups is 2. The molecule has 1 saturated heterocycles. The number of unbranched alkanes of at least 4 members (excludes halogenated alkanes) is 1. The van der Waals surface area contributed by atoms with E-state index in [2.05, 4.69) is 12.4 Å². The number of carbonyl (C=O) groups excluding carboxylic acids is 2. The Morgan fingerprint density at radius 3 is 2.34 bits per heavy atom. The van der Waals surface area contributed by atoms with Gasteiger partial charge in [-0.25, -0.2) is 15.2 Å². The van der Waals surface area contributed by atoms with E-state index in [4.69, 9.17) is 9.57 Å². The molecule has 0 aromatic heterocycles. The van der Waals surface area contributed by atoms with E-state index in [0.717, 1.165) is 24.0 Å². The van der Waals surface area contributed by atoms with Crippen LogP contribution in [-0.4, -0.2) is 35.1 Å². The fourth-order valence-electron chi connectivity index (χ4n) is 4.03. The van der Waals surface area contributed by atoms with Crippen LogP contribution in [0.4, 0.5) is 4.79 Å². The molecule has 1 N–H and O–H groups in total. The maximum atomic E-state index is 13.5. The summed E-state index contributed by atoms with van der Waals surface area (Å²) in [6, 6.07) is 19.4. The van der Waals surface area contributed by atoms with Crippen LogP contribution in [-0.2, 0) is 27.4 Å². The molecule has 172 valence electrons. The van der Waals surface area contributed by atoms with Gasteiger partial charge in [0.1, 0.15) is 5.60 Å². The lowest BCUT2D eigenvalue weighted by molar-refractivity contribution is -0.135. The molecule has 0 saturated carbocycles. The number of nitrogens with zero attached hydrogens (tertiary/aromatic N) is 1. The van der Waals surface area contributed by atoms with E-state index in [1.165, 1.54) is 4.90 Å². The second-order valence-electron chi connectivity index (χ2n) is 8.85. The SMILES string of the molecule is CCCCC(CNOCc1ccccc1)C(=O)N1C(=O)OC(C)(C)C1Cc1ccccc1. The van der Waals surface area contributed by atoms with Crippen molar-refractivity contribution < 1.29 is 19.2 Å². The Labute approximate surface area is 190 Å². The minimum atomic E-state index is -0.755. The van der Waals surface area contributed by atoms with Crippen LogP contribution in [0.3, 0.4) is 0 Å². The van der Waals surface area contributed by atoms with E-state index in [1.807, 2.05) is 74.5 Å². The molecule has 2 aromatic rings. The minimum Gasteiger partial charge on any atom is -0.441 e. The number of cyclic esters (lactones) is 1. The Balaban J connectivity index is 1.68. The van der Waals surface area contributed by atoms with Gasteiger partial charge in [0.05, 0.1) is 18.6 Å². The van der Waals surface area contributed by atoms with Crippen molar-refractivity contribution in [2.24, 2.45) is 5.92 Å². The minimum absolute atomic E-state index is 0.203. The van der Waals surface area contributed by atoms with E-state index in [1.54, 1.807) is 0 Å². The van der Waals surface area contributed by atoms with Crippen molar-refractivity contribution >= 4 is 12.0 Å². The van der Waals surface area contributed by atoms with Crippen molar-refractivity contribution in [3.63, 3.8) is 0 Å². The van der Waals surface area contributed by atoms with Crippen LogP contribution >= 0.6 is 0 Å². The summed E-state index contributed by atoms with van der Waals surface area (Å²) >= 11 is 0. The first kappa shape index (κ1) is 24.0. The highest BCUT2D eigenvalue weighted by Gasteiger charge is 2.51. The van der Waals surface area contributed by atoms with Gasteiger partial charge < -0.3 is 4.74 Å². The summed E-state index contributed by atoms with van der Waals surface area (Å²) in [4.78, 5) is 33.2. The number of imide groups is 1. The van der Waals surface area contributed by atoms with Crippen LogP contribution in [0.1, 0.15) is 51.2 Å². The van der Waals surface area contributed by atoms with E-state index in [-0.39, 0.29) is 17.9 Å². The zero-order valence-corrected chi connectivity index (χ0v) is 19.3. The third kappa shape index (κ3) is 6.17. The van der Waals surface area contributed by atoms with Gasteiger partial charge in [-0.3, -0.25) is 9.63 Å². The number of nitrogens with one attached hydrogen (secondary N) is 1. The molecule has 1 aliphatic rings. The molecule has 1 fully saturated rings. The molecule has 1 heterocycles. The van der Waals surface area contributed by atoms with Crippen LogP contribution < -0.4 is 5.48 Å². The lowest BCUT2D eigenvalue weighted by Gasteiger charge is -2.30. The number of hydroxylamine groups is 1. The Bertz CT molecular complexity index is 870. The average Bonchev–Trinajstić information content (AvgIpc) is 3.01. The van der Waals surface area contributed by atoms with E-state index >= 15 is 0 Å². The molecule has 2 aromatic carbocycles. The Morgan fingerprint density at radius 1 is 1.09 bits per heavy atom. The molecule has 0 spiro atoms. The zero-order valence-electron chi connectivity index (χ0n) is 19.3. The number of amides is 2. The normalized spacial score (nSPS) is 18.4. The van der Waals surface area contributed by atoms with Crippen LogP contribution in [0.2, 0.25) is 0 Å². The van der Waals surface area contributed by atoms with Gasteiger partial charge in [0, 0.05) is 6.54 Å². The molecule has 2 amide bonds. The van der Waals surface area contributed by atoms with E-state index in [9.17, 15) is 9.59 Å². The zero-order chi connectivity index (χ0) is 23.0. The van der Waals surface area contributed by atoms with Gasteiger partial charge in [0.15, 0.2) is 0 Å². The summed E-state index contributed by atoms with van der Waals surface area (Å²) in [5, 5.41) is 0. The van der Waals surface area contributed by atoms with Crippen LogP contribution in [0.15, 0.2) is 60.7 Å². The Kier molecular flexibility index (Phi) is 8.42. The van der Waals surface area contributed by atoms with Crippen molar-refractivity contribution in [2.45, 2.75) is 64.7 Å². The lowest BCUT2D eigenvalue weighted by atomic mass is 9.90.